The summed E-state index contributed by atoms with van der Waals surface area (Å²) in [5.74, 6) is 1.97. The Morgan fingerprint density at radius 3 is 2.70 bits per heavy atom. The molecular formula is C13H12F3NO2S. The number of halogens is 3. The lowest BCUT2D eigenvalue weighted by molar-refractivity contribution is -0.137. The predicted octanol–water partition coefficient (Wildman–Crippen LogP) is 3.96. The van der Waals surface area contributed by atoms with Gasteiger partial charge in [-0.25, -0.2) is 4.98 Å². The minimum atomic E-state index is -4.49. The number of aliphatic hydroxyl groups excluding tert-OH is 1. The Bertz CT molecular complexity index is 619. The largest absolute Gasteiger partial charge is 0.463 e. The summed E-state index contributed by atoms with van der Waals surface area (Å²) in [6, 6.07) is 3.39. The van der Waals surface area contributed by atoms with Gasteiger partial charge < -0.3 is 9.52 Å². The fourth-order valence-electron chi connectivity index (χ4n) is 2.12. The van der Waals surface area contributed by atoms with E-state index in [1.807, 2.05) is 0 Å². The molecule has 3 nitrogen and oxygen atoms in total. The predicted molar refractivity (Wildman–Crippen MR) is 66.4 cm³/mol. The van der Waals surface area contributed by atoms with E-state index in [0.29, 0.717) is 23.2 Å². The molecule has 108 valence electrons. The van der Waals surface area contributed by atoms with Crippen molar-refractivity contribution in [2.24, 2.45) is 5.92 Å². The Balaban J connectivity index is 1.80. The van der Waals surface area contributed by atoms with Crippen molar-refractivity contribution in [1.82, 2.24) is 4.98 Å². The first-order valence-electron chi connectivity index (χ1n) is 6.17. The maximum atomic E-state index is 12.5. The molecule has 0 amide bonds. The van der Waals surface area contributed by atoms with E-state index >= 15 is 0 Å². The summed E-state index contributed by atoms with van der Waals surface area (Å²) in [6.45, 7) is 2.10. The molecule has 20 heavy (non-hydrogen) atoms. The van der Waals surface area contributed by atoms with Gasteiger partial charge in [0.25, 0.3) is 0 Å². The minimum Gasteiger partial charge on any atom is -0.463 e. The Morgan fingerprint density at radius 1 is 1.45 bits per heavy atom. The highest BCUT2D eigenvalue weighted by atomic mass is 32.1. The van der Waals surface area contributed by atoms with Crippen LogP contribution in [0, 0.1) is 5.92 Å². The van der Waals surface area contributed by atoms with E-state index < -0.39 is 17.3 Å². The molecule has 0 bridgehead atoms. The van der Waals surface area contributed by atoms with Crippen molar-refractivity contribution >= 4 is 11.3 Å². The van der Waals surface area contributed by atoms with Crippen molar-refractivity contribution in [3.63, 3.8) is 0 Å². The Kier molecular flexibility index (Phi) is 3.13. The molecule has 0 saturated heterocycles. The highest BCUT2D eigenvalue weighted by Crippen LogP contribution is 2.48. The molecule has 0 aliphatic heterocycles. The second-order valence-electron chi connectivity index (χ2n) is 5.03. The molecule has 2 aromatic rings. The number of rotatable bonds is 3. The average molecular weight is 303 g/mol. The zero-order valence-electron chi connectivity index (χ0n) is 10.5. The van der Waals surface area contributed by atoms with Crippen LogP contribution < -0.4 is 0 Å². The molecule has 1 aliphatic carbocycles. The smallest absolute Gasteiger partial charge is 0.443 e. The Labute approximate surface area is 117 Å². The van der Waals surface area contributed by atoms with E-state index in [2.05, 4.69) is 11.9 Å². The lowest BCUT2D eigenvalue weighted by Crippen LogP contribution is -2.03. The number of aromatic nitrogens is 1. The van der Waals surface area contributed by atoms with Gasteiger partial charge in [-0.1, -0.05) is 6.92 Å². The molecule has 1 saturated carbocycles. The van der Waals surface area contributed by atoms with Crippen molar-refractivity contribution in [1.29, 1.82) is 0 Å². The first-order valence-corrected chi connectivity index (χ1v) is 6.98. The molecule has 0 radical (unpaired) electrons. The first-order chi connectivity index (χ1) is 9.36. The Hall–Kier alpha value is -1.34. The van der Waals surface area contributed by atoms with Crippen LogP contribution in [0.5, 0.6) is 0 Å². The number of hydrogen-bond donors (Lipinski definition) is 1. The standard InChI is InChI=1S/C13H12F3NO2S/c1-6-4-7(6)8-2-3-9(19-8)11(18)10-5-17-12(20-10)13(14,15)16/h2-3,5-7,11,18H,4H2,1H3. The summed E-state index contributed by atoms with van der Waals surface area (Å²) < 4.78 is 43.0. The van der Waals surface area contributed by atoms with E-state index in [4.69, 9.17) is 4.42 Å². The van der Waals surface area contributed by atoms with Crippen molar-refractivity contribution in [3.05, 3.63) is 39.7 Å². The molecule has 0 spiro atoms. The lowest BCUT2D eigenvalue weighted by atomic mass is 10.2. The highest BCUT2D eigenvalue weighted by molar-refractivity contribution is 7.11. The van der Waals surface area contributed by atoms with Crippen LogP contribution in [0.3, 0.4) is 0 Å². The molecule has 0 aromatic carbocycles. The van der Waals surface area contributed by atoms with Gasteiger partial charge in [-0.2, -0.15) is 13.2 Å². The van der Waals surface area contributed by atoms with Gasteiger partial charge in [0.2, 0.25) is 0 Å². The third-order valence-electron chi connectivity index (χ3n) is 3.43. The molecule has 3 rings (SSSR count). The van der Waals surface area contributed by atoms with Crippen molar-refractivity contribution in [2.45, 2.75) is 31.5 Å². The van der Waals surface area contributed by atoms with Crippen LogP contribution in [0.25, 0.3) is 0 Å². The molecular weight excluding hydrogens is 291 g/mol. The van der Waals surface area contributed by atoms with Crippen molar-refractivity contribution in [2.75, 3.05) is 0 Å². The van der Waals surface area contributed by atoms with Crippen LogP contribution in [0.2, 0.25) is 0 Å². The van der Waals surface area contributed by atoms with Crippen LogP contribution in [0.15, 0.2) is 22.7 Å². The molecule has 1 fully saturated rings. The van der Waals surface area contributed by atoms with E-state index in [9.17, 15) is 18.3 Å². The maximum absolute atomic E-state index is 12.5. The van der Waals surface area contributed by atoms with Gasteiger partial charge in [-0.15, -0.1) is 11.3 Å². The number of furan rings is 1. The van der Waals surface area contributed by atoms with Gasteiger partial charge in [0.05, 0.1) is 4.88 Å². The summed E-state index contributed by atoms with van der Waals surface area (Å²) in [7, 11) is 0. The van der Waals surface area contributed by atoms with Crippen LogP contribution in [0.1, 0.15) is 46.8 Å². The fourth-order valence-corrected chi connectivity index (χ4v) is 2.90. The quantitative estimate of drug-likeness (QED) is 0.933. The fraction of sp³-hybridized carbons (Fsp3) is 0.462. The first kappa shape index (κ1) is 13.6. The molecule has 2 heterocycles. The van der Waals surface area contributed by atoms with Crippen LogP contribution >= 0.6 is 11.3 Å². The SMILES string of the molecule is CC1CC1c1ccc(C(O)c2cnc(C(F)(F)F)s2)o1. The number of aliphatic hydroxyl groups is 1. The number of nitrogens with zero attached hydrogens (tertiary/aromatic N) is 1. The van der Waals surface area contributed by atoms with Crippen LogP contribution in [-0.2, 0) is 6.18 Å². The summed E-state index contributed by atoms with van der Waals surface area (Å²) in [5, 5.41) is 9.10. The van der Waals surface area contributed by atoms with Gasteiger partial charge in [0, 0.05) is 12.1 Å². The molecule has 3 unspecified atom stereocenters. The summed E-state index contributed by atoms with van der Waals surface area (Å²) in [6.07, 6.45) is -3.60. The highest BCUT2D eigenvalue weighted by Gasteiger charge is 2.38. The van der Waals surface area contributed by atoms with Crippen molar-refractivity contribution in [3.8, 4) is 0 Å². The number of alkyl halides is 3. The molecule has 7 heteroatoms. The number of hydrogen-bond acceptors (Lipinski definition) is 4. The topological polar surface area (TPSA) is 46.3 Å². The molecule has 1 N–H and O–H groups in total. The second-order valence-corrected chi connectivity index (χ2v) is 6.09. The molecule has 3 atom stereocenters. The minimum absolute atomic E-state index is 0.127. The Morgan fingerprint density at radius 2 is 2.15 bits per heavy atom. The normalized spacial score (nSPS) is 23.9. The van der Waals surface area contributed by atoms with E-state index in [0.717, 1.165) is 18.4 Å². The van der Waals surface area contributed by atoms with Gasteiger partial charge in [-0.3, -0.25) is 0 Å². The van der Waals surface area contributed by atoms with E-state index in [-0.39, 0.29) is 10.6 Å². The van der Waals surface area contributed by atoms with Crippen molar-refractivity contribution < 1.29 is 22.7 Å². The lowest BCUT2D eigenvalue weighted by Gasteiger charge is -2.04. The number of thiazole rings is 1. The average Bonchev–Trinajstić information content (AvgIpc) is 2.90. The van der Waals surface area contributed by atoms with Gasteiger partial charge >= 0.3 is 6.18 Å². The summed E-state index contributed by atoms with van der Waals surface area (Å²) >= 11 is 0.430. The van der Waals surface area contributed by atoms with Gasteiger partial charge in [0.1, 0.15) is 17.6 Å². The summed E-state index contributed by atoms with van der Waals surface area (Å²) in [4.78, 5) is 3.42. The summed E-state index contributed by atoms with van der Waals surface area (Å²) in [5.41, 5.74) is 0. The second kappa shape index (κ2) is 4.60. The van der Waals surface area contributed by atoms with Crippen LogP contribution in [-0.4, -0.2) is 10.1 Å². The van der Waals surface area contributed by atoms with E-state index in [1.54, 1.807) is 12.1 Å². The maximum Gasteiger partial charge on any atom is 0.443 e. The van der Waals surface area contributed by atoms with Gasteiger partial charge in [-0.05, 0) is 24.5 Å². The van der Waals surface area contributed by atoms with E-state index in [1.165, 1.54) is 0 Å². The van der Waals surface area contributed by atoms with Gasteiger partial charge in [0.15, 0.2) is 5.01 Å². The monoisotopic (exact) mass is 303 g/mol. The van der Waals surface area contributed by atoms with Crippen LogP contribution in [0.4, 0.5) is 13.2 Å². The third kappa shape index (κ3) is 2.47. The third-order valence-corrected chi connectivity index (χ3v) is 4.52. The zero-order chi connectivity index (χ0) is 14.5. The molecule has 2 aromatic heterocycles. The zero-order valence-corrected chi connectivity index (χ0v) is 11.3. The molecule has 1 aliphatic rings.